The van der Waals surface area contributed by atoms with Gasteiger partial charge in [-0.25, -0.2) is 4.79 Å². The minimum atomic E-state index is -0.981. The smallest absolute Gasteiger partial charge is 0.328 e. The van der Waals surface area contributed by atoms with Crippen molar-refractivity contribution in [2.75, 3.05) is 32.8 Å². The average molecular weight is 398 g/mol. The van der Waals surface area contributed by atoms with Gasteiger partial charge < -0.3 is 14.6 Å². The monoisotopic (exact) mass is 397 g/mol. The van der Waals surface area contributed by atoms with Gasteiger partial charge in [0.15, 0.2) is 11.5 Å². The number of likely N-dealkylation sites (tertiary alicyclic amines) is 1. The molecule has 1 fully saturated rings. The fourth-order valence-electron chi connectivity index (χ4n) is 2.71. The zero-order valence-corrected chi connectivity index (χ0v) is 15.5. The molecule has 1 saturated heterocycles. The largest absolute Gasteiger partial charge is 0.490 e. The molecule has 1 aliphatic rings. The third-order valence-electron chi connectivity index (χ3n) is 3.85. The molecule has 0 saturated carbocycles. The Morgan fingerprint density at radius 3 is 2.71 bits per heavy atom. The van der Waals surface area contributed by atoms with Gasteiger partial charge in [-0.2, -0.15) is 0 Å². The van der Waals surface area contributed by atoms with Gasteiger partial charge in [0.25, 0.3) is 0 Å². The molecule has 24 heavy (non-hydrogen) atoms. The van der Waals surface area contributed by atoms with Crippen LogP contribution in [0.15, 0.2) is 22.7 Å². The van der Waals surface area contributed by atoms with E-state index in [0.717, 1.165) is 35.7 Å². The number of piperidine rings is 1. The summed E-state index contributed by atoms with van der Waals surface area (Å²) in [7, 11) is 0. The number of nitrogens with zero attached hydrogens (tertiary/aromatic N) is 1. The highest BCUT2D eigenvalue weighted by molar-refractivity contribution is 9.10. The van der Waals surface area contributed by atoms with Crippen LogP contribution in [0.4, 0.5) is 0 Å². The Hall–Kier alpha value is -1.53. The summed E-state index contributed by atoms with van der Waals surface area (Å²) in [6.07, 6.45) is 6.49. The minimum Gasteiger partial charge on any atom is -0.490 e. The number of rotatable bonds is 8. The first-order chi connectivity index (χ1) is 11.6. The van der Waals surface area contributed by atoms with E-state index in [4.69, 9.17) is 14.6 Å². The number of carboxylic acids is 1. The van der Waals surface area contributed by atoms with Crippen molar-refractivity contribution in [3.8, 4) is 11.5 Å². The summed E-state index contributed by atoms with van der Waals surface area (Å²) < 4.78 is 12.4. The van der Waals surface area contributed by atoms with Crippen LogP contribution in [0.1, 0.15) is 31.7 Å². The number of carboxylic acid groups (broad SMARTS) is 1. The van der Waals surface area contributed by atoms with E-state index in [1.54, 1.807) is 6.07 Å². The second-order valence-corrected chi connectivity index (χ2v) is 6.54. The molecule has 1 heterocycles. The van der Waals surface area contributed by atoms with E-state index in [1.807, 2.05) is 13.0 Å². The molecule has 0 aromatic heterocycles. The highest BCUT2D eigenvalue weighted by Crippen LogP contribution is 2.37. The first-order valence-electron chi connectivity index (χ1n) is 8.32. The quantitative estimate of drug-likeness (QED) is 0.675. The fraction of sp³-hybridized carbons (Fsp3) is 0.500. The zero-order chi connectivity index (χ0) is 17.4. The lowest BCUT2D eigenvalue weighted by Gasteiger charge is -2.26. The summed E-state index contributed by atoms with van der Waals surface area (Å²) in [6.45, 7) is 6.21. The van der Waals surface area contributed by atoms with Gasteiger partial charge in [-0.3, -0.25) is 4.90 Å². The maximum absolute atomic E-state index is 10.7. The number of hydrogen-bond acceptors (Lipinski definition) is 4. The molecule has 0 radical (unpaired) electrons. The first-order valence-corrected chi connectivity index (χ1v) is 9.12. The maximum Gasteiger partial charge on any atom is 0.328 e. The summed E-state index contributed by atoms with van der Waals surface area (Å²) in [4.78, 5) is 13.1. The predicted molar refractivity (Wildman–Crippen MR) is 97.8 cm³/mol. The Morgan fingerprint density at radius 1 is 1.29 bits per heavy atom. The lowest BCUT2D eigenvalue weighted by molar-refractivity contribution is -0.131. The highest BCUT2D eigenvalue weighted by atomic mass is 79.9. The van der Waals surface area contributed by atoms with Crippen LogP contribution in [0.3, 0.4) is 0 Å². The predicted octanol–water partition coefficient (Wildman–Crippen LogP) is 3.81. The third kappa shape index (κ3) is 5.83. The molecule has 1 N–H and O–H groups in total. The van der Waals surface area contributed by atoms with E-state index in [2.05, 4.69) is 20.8 Å². The van der Waals surface area contributed by atoms with Crippen LogP contribution in [0.25, 0.3) is 6.08 Å². The topological polar surface area (TPSA) is 59.0 Å². The molecule has 0 spiro atoms. The van der Waals surface area contributed by atoms with Crippen molar-refractivity contribution in [2.45, 2.75) is 26.2 Å². The number of ether oxygens (including phenoxy) is 2. The van der Waals surface area contributed by atoms with Crippen molar-refractivity contribution in [1.29, 1.82) is 0 Å². The van der Waals surface area contributed by atoms with Crippen molar-refractivity contribution < 1.29 is 19.4 Å². The molecular weight excluding hydrogens is 374 g/mol. The molecule has 2 rings (SSSR count). The molecule has 1 aromatic carbocycles. The first kappa shape index (κ1) is 18.8. The summed E-state index contributed by atoms with van der Waals surface area (Å²) in [5.41, 5.74) is 0.746. The Morgan fingerprint density at radius 2 is 2.04 bits per heavy atom. The van der Waals surface area contributed by atoms with Crippen LogP contribution in [0.5, 0.6) is 11.5 Å². The van der Waals surface area contributed by atoms with Crippen LogP contribution >= 0.6 is 15.9 Å². The van der Waals surface area contributed by atoms with Crippen molar-refractivity contribution in [1.82, 2.24) is 4.90 Å². The van der Waals surface area contributed by atoms with Gasteiger partial charge in [-0.05, 0) is 72.6 Å². The molecular formula is C18H24BrNO4. The maximum atomic E-state index is 10.7. The Kier molecular flexibility index (Phi) is 7.59. The van der Waals surface area contributed by atoms with Crippen LogP contribution in [0.2, 0.25) is 0 Å². The summed E-state index contributed by atoms with van der Waals surface area (Å²) in [6, 6.07) is 3.63. The van der Waals surface area contributed by atoms with Crippen molar-refractivity contribution in [3.05, 3.63) is 28.2 Å². The molecule has 132 valence electrons. The van der Waals surface area contributed by atoms with Crippen LogP contribution in [0, 0.1) is 0 Å². The van der Waals surface area contributed by atoms with Gasteiger partial charge in [0, 0.05) is 12.6 Å². The molecule has 1 aliphatic heterocycles. The van der Waals surface area contributed by atoms with Crippen LogP contribution in [-0.4, -0.2) is 48.8 Å². The molecule has 5 nitrogen and oxygen atoms in total. The van der Waals surface area contributed by atoms with Crippen molar-refractivity contribution in [2.24, 2.45) is 0 Å². The lowest BCUT2D eigenvalue weighted by Crippen LogP contribution is -2.33. The number of aliphatic carboxylic acids is 1. The Labute approximate surface area is 151 Å². The normalized spacial score (nSPS) is 15.6. The third-order valence-corrected chi connectivity index (χ3v) is 4.44. The second-order valence-electron chi connectivity index (χ2n) is 5.69. The second kappa shape index (κ2) is 9.69. The van der Waals surface area contributed by atoms with Gasteiger partial charge in [-0.1, -0.05) is 6.42 Å². The van der Waals surface area contributed by atoms with Gasteiger partial charge in [0.05, 0.1) is 11.1 Å². The van der Waals surface area contributed by atoms with Crippen molar-refractivity contribution >= 4 is 28.0 Å². The van der Waals surface area contributed by atoms with E-state index >= 15 is 0 Å². The van der Waals surface area contributed by atoms with Gasteiger partial charge in [-0.15, -0.1) is 0 Å². The van der Waals surface area contributed by atoms with E-state index in [0.29, 0.717) is 24.7 Å². The minimum absolute atomic E-state index is 0.515. The molecule has 1 aromatic rings. The number of carbonyl (C=O) groups is 1. The Bertz CT molecular complexity index is 583. The van der Waals surface area contributed by atoms with Gasteiger partial charge >= 0.3 is 5.97 Å². The van der Waals surface area contributed by atoms with Gasteiger partial charge in [0.2, 0.25) is 0 Å². The lowest BCUT2D eigenvalue weighted by atomic mass is 10.1. The van der Waals surface area contributed by atoms with E-state index in [9.17, 15) is 4.79 Å². The molecule has 0 amide bonds. The molecule has 6 heteroatoms. The SMILES string of the molecule is CCOc1cc(C=CC(=O)O)cc(Br)c1OCCN1CCCCC1. The van der Waals surface area contributed by atoms with E-state index in [-0.39, 0.29) is 0 Å². The standard InChI is InChI=1S/C18H24BrNO4/c1-2-23-16-13-14(6-7-17(21)22)12-15(19)18(16)24-11-10-20-8-4-3-5-9-20/h6-7,12-13H,2-5,8-11H2,1H3,(H,21,22). The zero-order valence-electron chi connectivity index (χ0n) is 14.0. The molecule has 0 bridgehead atoms. The fourth-order valence-corrected chi connectivity index (χ4v) is 3.29. The van der Waals surface area contributed by atoms with E-state index < -0.39 is 5.97 Å². The Balaban J connectivity index is 2.05. The average Bonchev–Trinajstić information content (AvgIpc) is 2.56. The van der Waals surface area contributed by atoms with Crippen LogP contribution in [-0.2, 0) is 4.79 Å². The number of benzene rings is 1. The summed E-state index contributed by atoms with van der Waals surface area (Å²) >= 11 is 3.50. The summed E-state index contributed by atoms with van der Waals surface area (Å²) in [5, 5.41) is 8.75. The van der Waals surface area contributed by atoms with Gasteiger partial charge in [0.1, 0.15) is 6.61 Å². The van der Waals surface area contributed by atoms with Crippen molar-refractivity contribution in [3.63, 3.8) is 0 Å². The van der Waals surface area contributed by atoms with E-state index in [1.165, 1.54) is 25.3 Å². The molecule has 0 aliphatic carbocycles. The number of hydrogen-bond donors (Lipinski definition) is 1. The highest BCUT2D eigenvalue weighted by Gasteiger charge is 2.14. The molecule has 0 unspecified atom stereocenters. The number of halogens is 1. The summed E-state index contributed by atoms with van der Waals surface area (Å²) in [5.74, 6) is 0.308. The molecule has 0 atom stereocenters. The van der Waals surface area contributed by atoms with Crippen LogP contribution < -0.4 is 9.47 Å².